The van der Waals surface area contributed by atoms with E-state index in [2.05, 4.69) is 42.3 Å². The van der Waals surface area contributed by atoms with E-state index >= 15 is 0 Å². The van der Waals surface area contributed by atoms with Crippen LogP contribution in [0.2, 0.25) is 0 Å². The number of carbonyl (C=O) groups excluding carboxylic acids is 1. The van der Waals surface area contributed by atoms with Gasteiger partial charge in [0.2, 0.25) is 0 Å². The average molecular weight is 334 g/mol. The molecule has 0 N–H and O–H groups in total. The minimum Gasteiger partial charge on any atom is -0.459 e. The highest BCUT2D eigenvalue weighted by molar-refractivity contribution is 5.91. The number of furan rings is 1. The fourth-order valence-electron chi connectivity index (χ4n) is 2.88. The summed E-state index contributed by atoms with van der Waals surface area (Å²) >= 11 is 0. The standard InChI is InChI=1S/C21H22N2O2/c1-3-11-23(21(24)20-10-6-13-25-20)16-19-9-5-12-22(19)15-18-8-4-7-17(2)14-18/h3-10,12-14H,1,11,15-16H2,2H3. The Bertz CT molecular complexity index is 846. The Morgan fingerprint density at radius 2 is 2.12 bits per heavy atom. The van der Waals surface area contributed by atoms with E-state index in [1.165, 1.54) is 17.4 Å². The van der Waals surface area contributed by atoms with Gasteiger partial charge in [0.1, 0.15) is 0 Å². The monoisotopic (exact) mass is 334 g/mol. The lowest BCUT2D eigenvalue weighted by molar-refractivity contribution is 0.0727. The number of amides is 1. The SMILES string of the molecule is C=CCN(Cc1cccn1Cc1cccc(C)c1)C(=O)c1ccco1. The average Bonchev–Trinajstić information content (AvgIpc) is 3.26. The van der Waals surface area contributed by atoms with Gasteiger partial charge >= 0.3 is 0 Å². The van der Waals surface area contributed by atoms with Crippen LogP contribution in [0.3, 0.4) is 0 Å². The maximum absolute atomic E-state index is 12.6. The van der Waals surface area contributed by atoms with Gasteiger partial charge < -0.3 is 13.9 Å². The molecule has 1 aromatic carbocycles. The number of hydrogen-bond donors (Lipinski definition) is 0. The van der Waals surface area contributed by atoms with E-state index in [9.17, 15) is 4.79 Å². The van der Waals surface area contributed by atoms with Crippen molar-refractivity contribution in [3.8, 4) is 0 Å². The van der Waals surface area contributed by atoms with Crippen molar-refractivity contribution in [2.24, 2.45) is 0 Å². The summed E-state index contributed by atoms with van der Waals surface area (Å²) in [5.74, 6) is 0.215. The highest BCUT2D eigenvalue weighted by Crippen LogP contribution is 2.14. The van der Waals surface area contributed by atoms with Gasteiger partial charge in [-0.2, -0.15) is 0 Å². The third-order valence-electron chi connectivity index (χ3n) is 4.08. The van der Waals surface area contributed by atoms with E-state index in [0.29, 0.717) is 18.8 Å². The Balaban J connectivity index is 1.78. The molecule has 128 valence electrons. The lowest BCUT2D eigenvalue weighted by atomic mass is 10.1. The highest BCUT2D eigenvalue weighted by Gasteiger charge is 2.18. The largest absolute Gasteiger partial charge is 0.459 e. The van der Waals surface area contributed by atoms with Crippen molar-refractivity contribution < 1.29 is 9.21 Å². The van der Waals surface area contributed by atoms with Crippen LogP contribution in [0.4, 0.5) is 0 Å². The molecule has 0 aliphatic heterocycles. The van der Waals surface area contributed by atoms with Gasteiger partial charge in [-0.3, -0.25) is 4.79 Å². The number of benzene rings is 1. The summed E-state index contributed by atoms with van der Waals surface area (Å²) in [5.41, 5.74) is 3.56. The van der Waals surface area contributed by atoms with Gasteiger partial charge in [0.15, 0.2) is 5.76 Å². The van der Waals surface area contributed by atoms with Crippen LogP contribution in [0.5, 0.6) is 0 Å². The first-order chi connectivity index (χ1) is 12.2. The van der Waals surface area contributed by atoms with Crippen molar-refractivity contribution in [1.29, 1.82) is 0 Å². The molecule has 0 saturated heterocycles. The first-order valence-corrected chi connectivity index (χ1v) is 8.30. The van der Waals surface area contributed by atoms with Crippen LogP contribution in [0.15, 0.2) is 78.1 Å². The zero-order valence-electron chi connectivity index (χ0n) is 14.4. The lowest BCUT2D eigenvalue weighted by Gasteiger charge is -2.21. The molecule has 4 heteroatoms. The topological polar surface area (TPSA) is 38.4 Å². The second-order valence-electron chi connectivity index (χ2n) is 6.07. The summed E-state index contributed by atoms with van der Waals surface area (Å²) in [6, 6.07) is 15.9. The number of rotatable bonds is 7. The first-order valence-electron chi connectivity index (χ1n) is 8.30. The molecule has 0 aliphatic rings. The van der Waals surface area contributed by atoms with Gasteiger partial charge in [-0.25, -0.2) is 0 Å². The molecule has 0 aliphatic carbocycles. The van der Waals surface area contributed by atoms with Gasteiger partial charge in [-0.1, -0.05) is 35.9 Å². The van der Waals surface area contributed by atoms with E-state index < -0.39 is 0 Å². The van der Waals surface area contributed by atoms with E-state index in [-0.39, 0.29) is 5.91 Å². The number of aromatic nitrogens is 1. The van der Waals surface area contributed by atoms with Crippen LogP contribution in [0.1, 0.15) is 27.4 Å². The Labute approximate surface area is 148 Å². The summed E-state index contributed by atoms with van der Waals surface area (Å²) in [7, 11) is 0. The smallest absolute Gasteiger partial charge is 0.290 e. The Morgan fingerprint density at radius 1 is 1.24 bits per heavy atom. The predicted octanol–water partition coefficient (Wildman–Crippen LogP) is 4.27. The third kappa shape index (κ3) is 4.10. The van der Waals surface area contributed by atoms with Crippen molar-refractivity contribution in [2.75, 3.05) is 6.54 Å². The summed E-state index contributed by atoms with van der Waals surface area (Å²) in [6.45, 7) is 7.60. The maximum atomic E-state index is 12.6. The Hall–Kier alpha value is -3.01. The van der Waals surface area contributed by atoms with Crippen molar-refractivity contribution in [2.45, 2.75) is 20.0 Å². The third-order valence-corrected chi connectivity index (χ3v) is 4.08. The molecule has 0 unspecified atom stereocenters. The van der Waals surface area contributed by atoms with Crippen LogP contribution in [-0.4, -0.2) is 21.9 Å². The van der Waals surface area contributed by atoms with Gasteiger partial charge in [-0.15, -0.1) is 6.58 Å². The molecule has 2 heterocycles. The first kappa shape index (κ1) is 16.8. The highest BCUT2D eigenvalue weighted by atomic mass is 16.3. The molecular formula is C21H22N2O2. The molecule has 0 spiro atoms. The molecule has 0 fully saturated rings. The summed E-state index contributed by atoms with van der Waals surface area (Å²) in [5, 5.41) is 0. The van der Waals surface area contributed by atoms with Crippen LogP contribution >= 0.6 is 0 Å². The predicted molar refractivity (Wildman–Crippen MR) is 98.4 cm³/mol. The molecule has 4 nitrogen and oxygen atoms in total. The summed E-state index contributed by atoms with van der Waals surface area (Å²) in [4.78, 5) is 14.3. The quantitative estimate of drug-likeness (QED) is 0.605. The maximum Gasteiger partial charge on any atom is 0.290 e. The van der Waals surface area contributed by atoms with Crippen molar-refractivity contribution >= 4 is 5.91 Å². The zero-order chi connectivity index (χ0) is 17.6. The van der Waals surface area contributed by atoms with Crippen molar-refractivity contribution in [1.82, 2.24) is 9.47 Å². The normalized spacial score (nSPS) is 10.6. The van der Waals surface area contributed by atoms with E-state index in [1.807, 2.05) is 18.3 Å². The molecular weight excluding hydrogens is 312 g/mol. The second-order valence-corrected chi connectivity index (χ2v) is 6.07. The molecule has 25 heavy (non-hydrogen) atoms. The van der Waals surface area contributed by atoms with Crippen LogP contribution in [0.25, 0.3) is 0 Å². The fourth-order valence-corrected chi connectivity index (χ4v) is 2.88. The van der Waals surface area contributed by atoms with E-state index in [4.69, 9.17) is 4.42 Å². The lowest BCUT2D eigenvalue weighted by Crippen LogP contribution is -2.31. The Kier molecular flexibility index (Phi) is 5.19. The number of carbonyl (C=O) groups is 1. The van der Waals surface area contributed by atoms with Gasteiger partial charge in [-0.05, 0) is 36.8 Å². The minimum atomic E-state index is -0.131. The number of nitrogens with zero attached hydrogens (tertiary/aromatic N) is 2. The van der Waals surface area contributed by atoms with Crippen LogP contribution in [-0.2, 0) is 13.1 Å². The Morgan fingerprint density at radius 3 is 2.84 bits per heavy atom. The second kappa shape index (κ2) is 7.71. The molecule has 0 radical (unpaired) electrons. The van der Waals surface area contributed by atoms with E-state index in [0.717, 1.165) is 12.2 Å². The van der Waals surface area contributed by atoms with Gasteiger partial charge in [0.25, 0.3) is 5.91 Å². The fraction of sp³-hybridized carbons (Fsp3) is 0.190. The van der Waals surface area contributed by atoms with E-state index in [1.54, 1.807) is 23.1 Å². The van der Waals surface area contributed by atoms with Gasteiger partial charge in [0, 0.05) is 25.0 Å². The van der Waals surface area contributed by atoms with Crippen LogP contribution in [0, 0.1) is 6.92 Å². The molecule has 3 rings (SSSR count). The molecule has 2 aromatic heterocycles. The zero-order valence-corrected chi connectivity index (χ0v) is 14.4. The summed E-state index contributed by atoms with van der Waals surface area (Å²) < 4.78 is 7.42. The molecule has 1 amide bonds. The number of hydrogen-bond acceptors (Lipinski definition) is 2. The molecule has 0 atom stereocenters. The van der Waals surface area contributed by atoms with Crippen molar-refractivity contribution in [3.63, 3.8) is 0 Å². The molecule has 0 bridgehead atoms. The molecule has 3 aromatic rings. The number of aryl methyl sites for hydroxylation is 1. The summed E-state index contributed by atoms with van der Waals surface area (Å²) in [6.07, 6.45) is 5.29. The van der Waals surface area contributed by atoms with Crippen LogP contribution < -0.4 is 0 Å². The van der Waals surface area contributed by atoms with Crippen molar-refractivity contribution in [3.05, 3.63) is 96.2 Å². The minimum absolute atomic E-state index is 0.131. The van der Waals surface area contributed by atoms with Gasteiger partial charge in [0.05, 0.1) is 12.8 Å². The molecule has 0 saturated carbocycles.